The quantitative estimate of drug-likeness (QED) is 0.406. The number of amides is 1. The molecule has 0 aliphatic carbocycles. The lowest BCUT2D eigenvalue weighted by atomic mass is 10.1. The zero-order valence-electron chi connectivity index (χ0n) is 15.9. The van der Waals surface area contributed by atoms with Crippen molar-refractivity contribution in [1.82, 2.24) is 0 Å². The zero-order valence-corrected chi connectivity index (χ0v) is 15.9. The lowest BCUT2D eigenvalue weighted by molar-refractivity contribution is -0.137. The van der Waals surface area contributed by atoms with Crippen molar-refractivity contribution in [2.24, 2.45) is 0 Å². The molecule has 0 heterocycles. The van der Waals surface area contributed by atoms with E-state index in [0.717, 1.165) is 18.2 Å². The molecule has 0 saturated heterocycles. The molecule has 1 N–H and O–H groups in total. The molecule has 0 aliphatic rings. The smallest absolute Gasteiger partial charge is 0.416 e. The second-order valence-corrected chi connectivity index (χ2v) is 5.83. The number of benzene rings is 2. The molecule has 8 heteroatoms. The van der Waals surface area contributed by atoms with Crippen molar-refractivity contribution >= 4 is 17.7 Å². The summed E-state index contributed by atoms with van der Waals surface area (Å²) in [6.07, 6.45) is 1.92. The first kappa shape index (κ1) is 22.4. The number of ether oxygens (including phenoxy) is 2. The van der Waals surface area contributed by atoms with Gasteiger partial charge in [0, 0.05) is 5.69 Å². The van der Waals surface area contributed by atoms with Crippen molar-refractivity contribution < 1.29 is 27.4 Å². The molecule has 0 spiro atoms. The molecule has 2 rings (SSSR count). The molecule has 154 valence electrons. The summed E-state index contributed by atoms with van der Waals surface area (Å²) in [5, 5.41) is 11.6. The van der Waals surface area contributed by atoms with E-state index in [1.165, 1.54) is 12.1 Å². The Kier molecular flexibility index (Phi) is 7.49. The molecule has 0 bridgehead atoms. The van der Waals surface area contributed by atoms with E-state index < -0.39 is 17.6 Å². The van der Waals surface area contributed by atoms with Gasteiger partial charge in [0.05, 0.1) is 12.2 Å². The van der Waals surface area contributed by atoms with E-state index in [4.69, 9.17) is 15.9 Å². The summed E-state index contributed by atoms with van der Waals surface area (Å²) in [7, 11) is 0. The molecule has 0 radical (unpaired) electrons. The normalized spacial score (nSPS) is 11.2. The molecule has 0 atom stereocenters. The summed E-state index contributed by atoms with van der Waals surface area (Å²) >= 11 is 0. The van der Waals surface area contributed by atoms with Gasteiger partial charge in [-0.3, -0.25) is 4.79 Å². The van der Waals surface area contributed by atoms with Gasteiger partial charge in [-0.2, -0.15) is 18.4 Å². The van der Waals surface area contributed by atoms with E-state index in [1.807, 2.05) is 0 Å². The minimum Gasteiger partial charge on any atom is -0.490 e. The van der Waals surface area contributed by atoms with Crippen molar-refractivity contribution in [3.63, 3.8) is 0 Å². The predicted molar refractivity (Wildman–Crippen MR) is 106 cm³/mol. The number of nitrogens with zero attached hydrogens (tertiary/aromatic N) is 1. The van der Waals surface area contributed by atoms with Crippen molar-refractivity contribution in [2.75, 3.05) is 18.5 Å². The van der Waals surface area contributed by atoms with Crippen LogP contribution in [0.2, 0.25) is 0 Å². The van der Waals surface area contributed by atoms with Gasteiger partial charge in [0.15, 0.2) is 11.5 Å². The molecular weight excluding hydrogens is 397 g/mol. The second kappa shape index (κ2) is 10.0. The number of carbonyl (C=O) groups excluding carboxylic acids is 1. The lowest BCUT2D eigenvalue weighted by Gasteiger charge is -2.11. The zero-order chi connectivity index (χ0) is 22.1. The highest BCUT2D eigenvalue weighted by Gasteiger charge is 2.30. The van der Waals surface area contributed by atoms with Crippen LogP contribution in [-0.2, 0) is 11.0 Å². The van der Waals surface area contributed by atoms with Gasteiger partial charge in [0.2, 0.25) is 0 Å². The van der Waals surface area contributed by atoms with Gasteiger partial charge >= 0.3 is 6.18 Å². The van der Waals surface area contributed by atoms with Crippen molar-refractivity contribution in [3.05, 3.63) is 59.2 Å². The van der Waals surface area contributed by atoms with E-state index in [0.29, 0.717) is 23.7 Å². The van der Waals surface area contributed by atoms with E-state index in [2.05, 4.69) is 11.2 Å². The van der Waals surface area contributed by atoms with Crippen LogP contribution in [0, 0.1) is 23.7 Å². The van der Waals surface area contributed by atoms with Crippen molar-refractivity contribution in [2.45, 2.75) is 13.1 Å². The number of nitrogens with one attached hydrogen (secondary N) is 1. The summed E-state index contributed by atoms with van der Waals surface area (Å²) < 4.78 is 49.3. The molecular formula is C22H17F3N2O3. The fourth-order valence-electron chi connectivity index (χ4n) is 2.41. The Morgan fingerprint density at radius 2 is 1.97 bits per heavy atom. The van der Waals surface area contributed by atoms with Gasteiger partial charge in [-0.25, -0.2) is 0 Å². The van der Waals surface area contributed by atoms with Crippen LogP contribution in [0.15, 0.2) is 48.0 Å². The topological polar surface area (TPSA) is 71.3 Å². The second-order valence-electron chi connectivity index (χ2n) is 5.83. The third-order valence-electron chi connectivity index (χ3n) is 3.70. The third kappa shape index (κ3) is 6.05. The number of halogens is 3. The van der Waals surface area contributed by atoms with Gasteiger partial charge in [0.25, 0.3) is 5.91 Å². The molecule has 0 aromatic heterocycles. The fourth-order valence-corrected chi connectivity index (χ4v) is 2.41. The molecule has 2 aromatic rings. The summed E-state index contributed by atoms with van der Waals surface area (Å²) in [6.45, 7) is 2.16. The number of anilines is 1. The summed E-state index contributed by atoms with van der Waals surface area (Å²) in [6, 6.07) is 10.6. The first-order valence-electron chi connectivity index (χ1n) is 8.72. The summed E-state index contributed by atoms with van der Waals surface area (Å²) in [5.74, 6) is 2.27. The van der Waals surface area contributed by atoms with Crippen LogP contribution < -0.4 is 14.8 Å². The molecule has 5 nitrogen and oxygen atoms in total. The van der Waals surface area contributed by atoms with Gasteiger partial charge in [-0.05, 0) is 48.9 Å². The number of terminal acetylenes is 1. The Morgan fingerprint density at radius 3 is 2.60 bits per heavy atom. The first-order chi connectivity index (χ1) is 14.3. The van der Waals surface area contributed by atoms with Crippen molar-refractivity contribution in [1.29, 1.82) is 5.26 Å². The number of hydrogen-bond acceptors (Lipinski definition) is 4. The monoisotopic (exact) mass is 414 g/mol. The van der Waals surface area contributed by atoms with E-state index in [1.54, 1.807) is 31.2 Å². The standard InChI is InChI=1S/C22H17F3N2O3/c1-3-10-30-19-9-8-15(12-20(19)29-4-2)11-16(14-26)21(28)27-18-7-5-6-17(13-18)22(23,24)25/h1,5-9,11-13H,4,10H2,2H3,(H,27,28)/b16-11+. The largest absolute Gasteiger partial charge is 0.490 e. The average molecular weight is 414 g/mol. The van der Waals surface area contributed by atoms with Crippen LogP contribution in [0.25, 0.3) is 6.08 Å². The van der Waals surface area contributed by atoms with Gasteiger partial charge in [-0.1, -0.05) is 18.1 Å². The van der Waals surface area contributed by atoms with E-state index in [-0.39, 0.29) is 17.9 Å². The van der Waals surface area contributed by atoms with Crippen LogP contribution in [0.1, 0.15) is 18.1 Å². The maximum atomic E-state index is 12.8. The number of hydrogen-bond donors (Lipinski definition) is 1. The van der Waals surface area contributed by atoms with Gasteiger partial charge in [0.1, 0.15) is 18.2 Å². The van der Waals surface area contributed by atoms with Crippen molar-refractivity contribution in [3.8, 4) is 29.9 Å². The van der Waals surface area contributed by atoms with Crippen LogP contribution in [0.4, 0.5) is 18.9 Å². The number of rotatable bonds is 7. The lowest BCUT2D eigenvalue weighted by Crippen LogP contribution is -2.14. The summed E-state index contributed by atoms with van der Waals surface area (Å²) in [4.78, 5) is 12.4. The minimum absolute atomic E-state index is 0.0398. The molecule has 0 saturated carbocycles. The Balaban J connectivity index is 2.26. The SMILES string of the molecule is C#CCOc1ccc(/C=C(\C#N)C(=O)Nc2cccc(C(F)(F)F)c2)cc1OCC. The highest BCUT2D eigenvalue weighted by Crippen LogP contribution is 2.31. The maximum absolute atomic E-state index is 12.8. The predicted octanol–water partition coefficient (Wildman–Crippen LogP) is 4.66. The molecule has 30 heavy (non-hydrogen) atoms. The number of nitriles is 1. The van der Waals surface area contributed by atoms with Crippen LogP contribution in [-0.4, -0.2) is 19.1 Å². The van der Waals surface area contributed by atoms with Crippen LogP contribution in [0.5, 0.6) is 11.5 Å². The first-order valence-corrected chi connectivity index (χ1v) is 8.72. The van der Waals surface area contributed by atoms with E-state index >= 15 is 0 Å². The van der Waals surface area contributed by atoms with Gasteiger partial charge in [-0.15, -0.1) is 6.42 Å². The maximum Gasteiger partial charge on any atom is 0.416 e. The highest BCUT2D eigenvalue weighted by molar-refractivity contribution is 6.09. The third-order valence-corrected chi connectivity index (χ3v) is 3.70. The Bertz CT molecular complexity index is 1030. The van der Waals surface area contributed by atoms with Crippen LogP contribution in [0.3, 0.4) is 0 Å². The summed E-state index contributed by atoms with van der Waals surface area (Å²) in [5.41, 5.74) is -0.829. The highest BCUT2D eigenvalue weighted by atomic mass is 19.4. The molecule has 0 fully saturated rings. The van der Waals surface area contributed by atoms with Gasteiger partial charge < -0.3 is 14.8 Å². The minimum atomic E-state index is -4.55. The Morgan fingerprint density at radius 1 is 1.20 bits per heavy atom. The molecule has 0 aliphatic heterocycles. The average Bonchev–Trinajstić information content (AvgIpc) is 2.71. The molecule has 1 amide bonds. The fraction of sp³-hybridized carbons (Fsp3) is 0.182. The molecule has 0 unspecified atom stereocenters. The van der Waals surface area contributed by atoms with Crippen LogP contribution >= 0.6 is 0 Å². The Hall–Kier alpha value is -3.91. The number of alkyl halides is 3. The van der Waals surface area contributed by atoms with E-state index in [9.17, 15) is 23.2 Å². The number of carbonyl (C=O) groups is 1. The Labute approximate surface area is 171 Å². The molecule has 2 aromatic carbocycles.